The van der Waals surface area contributed by atoms with Crippen molar-refractivity contribution in [2.24, 2.45) is 0 Å². The molecule has 0 radical (unpaired) electrons. The van der Waals surface area contributed by atoms with Crippen molar-refractivity contribution < 1.29 is 12.6 Å². The Morgan fingerprint density at radius 1 is 1.00 bits per heavy atom. The molecule has 3 aromatic rings. The first-order valence-corrected chi connectivity index (χ1v) is 7.62. The van der Waals surface area contributed by atoms with E-state index in [4.69, 9.17) is 15.8 Å². The normalized spacial score (nSPS) is 11.7. The van der Waals surface area contributed by atoms with Gasteiger partial charge in [0.15, 0.2) is 5.75 Å². The van der Waals surface area contributed by atoms with E-state index in [2.05, 4.69) is 4.98 Å². The molecule has 1 heterocycles. The quantitative estimate of drug-likeness (QED) is 0.752. The van der Waals surface area contributed by atoms with Crippen LogP contribution in [-0.4, -0.2) is 13.4 Å². The number of rotatable bonds is 3. The summed E-state index contributed by atoms with van der Waals surface area (Å²) in [6, 6.07) is 13.0. The molecule has 0 bridgehead atoms. The second kappa shape index (κ2) is 4.85. The summed E-state index contributed by atoms with van der Waals surface area (Å²) in [5.74, 6) is 0.221. The minimum Gasteiger partial charge on any atom is -0.377 e. The van der Waals surface area contributed by atoms with Crippen molar-refractivity contribution >= 4 is 32.6 Å². The van der Waals surface area contributed by atoms with Crippen molar-refractivity contribution in [1.82, 2.24) is 4.98 Å². The second-order valence-corrected chi connectivity index (χ2v) is 6.12. The molecule has 2 aromatic carbocycles. The lowest BCUT2D eigenvalue weighted by atomic mass is 10.2. The van der Waals surface area contributed by atoms with Gasteiger partial charge >= 0.3 is 10.1 Å². The fourth-order valence-corrected chi connectivity index (χ4v) is 3.09. The van der Waals surface area contributed by atoms with E-state index in [0.717, 1.165) is 0 Å². The third-order valence-electron chi connectivity index (χ3n) is 2.86. The maximum absolute atomic E-state index is 12.2. The van der Waals surface area contributed by atoms with Gasteiger partial charge in [-0.15, -0.1) is 0 Å². The molecular weight excluding hydrogens is 298 g/mol. The molecule has 0 aliphatic carbocycles. The van der Waals surface area contributed by atoms with Crippen LogP contribution in [0.25, 0.3) is 10.9 Å². The van der Waals surface area contributed by atoms with Crippen molar-refractivity contribution in [3.05, 3.63) is 59.8 Å². The van der Waals surface area contributed by atoms with Crippen LogP contribution >= 0.6 is 11.6 Å². The molecule has 0 aliphatic rings. The maximum atomic E-state index is 12.2. The SMILES string of the molecule is O=S(=O)(Oc1cccc2c(Cl)c[nH]c12)c1ccccc1. The molecule has 0 spiro atoms. The monoisotopic (exact) mass is 307 g/mol. The molecule has 1 aromatic heterocycles. The Hall–Kier alpha value is -1.98. The van der Waals surface area contributed by atoms with Crippen LogP contribution in [0.1, 0.15) is 0 Å². The van der Waals surface area contributed by atoms with Gasteiger partial charge in [-0.1, -0.05) is 41.9 Å². The standard InChI is InChI=1S/C14H10ClNO3S/c15-12-9-16-14-11(12)7-4-8-13(14)19-20(17,18)10-5-2-1-3-6-10/h1-9,16H. The minimum atomic E-state index is -3.86. The maximum Gasteiger partial charge on any atom is 0.339 e. The highest BCUT2D eigenvalue weighted by atomic mass is 35.5. The van der Waals surface area contributed by atoms with Crippen LogP contribution in [0.2, 0.25) is 5.02 Å². The first-order chi connectivity index (χ1) is 9.58. The zero-order valence-electron chi connectivity index (χ0n) is 10.2. The summed E-state index contributed by atoms with van der Waals surface area (Å²) in [5, 5.41) is 1.23. The average Bonchev–Trinajstić information content (AvgIpc) is 2.83. The van der Waals surface area contributed by atoms with Crippen LogP contribution in [0.3, 0.4) is 0 Å². The second-order valence-electron chi connectivity index (χ2n) is 4.17. The van der Waals surface area contributed by atoms with Crippen molar-refractivity contribution in [2.45, 2.75) is 4.90 Å². The van der Waals surface area contributed by atoms with E-state index in [1.54, 1.807) is 42.6 Å². The Bertz CT molecular complexity index is 857. The Kier molecular flexibility index (Phi) is 3.16. The molecule has 0 saturated carbocycles. The molecule has 0 saturated heterocycles. The van der Waals surface area contributed by atoms with Crippen molar-refractivity contribution in [1.29, 1.82) is 0 Å². The van der Waals surface area contributed by atoms with Gasteiger partial charge in [0.2, 0.25) is 0 Å². The Morgan fingerprint density at radius 2 is 1.75 bits per heavy atom. The summed E-state index contributed by atoms with van der Waals surface area (Å²) in [5.41, 5.74) is 0.553. The molecule has 0 atom stereocenters. The van der Waals surface area contributed by atoms with Crippen molar-refractivity contribution in [3.63, 3.8) is 0 Å². The fourth-order valence-electron chi connectivity index (χ4n) is 1.92. The van der Waals surface area contributed by atoms with E-state index in [1.165, 1.54) is 12.1 Å². The molecule has 0 amide bonds. The van der Waals surface area contributed by atoms with E-state index in [9.17, 15) is 8.42 Å². The number of hydrogen-bond acceptors (Lipinski definition) is 3. The first kappa shape index (κ1) is 13.0. The number of para-hydroxylation sites is 1. The summed E-state index contributed by atoms with van der Waals surface area (Å²) in [6.45, 7) is 0. The highest BCUT2D eigenvalue weighted by Crippen LogP contribution is 2.31. The Morgan fingerprint density at radius 3 is 2.50 bits per heavy atom. The number of fused-ring (bicyclic) bond motifs is 1. The number of aromatic nitrogens is 1. The van der Waals surface area contributed by atoms with Crippen molar-refractivity contribution in [2.75, 3.05) is 0 Å². The smallest absolute Gasteiger partial charge is 0.339 e. The van der Waals surface area contributed by atoms with Gasteiger partial charge in [-0.25, -0.2) is 0 Å². The number of H-pyrrole nitrogens is 1. The molecular formula is C14H10ClNO3S. The summed E-state index contributed by atoms with van der Waals surface area (Å²) >= 11 is 6.00. The van der Waals surface area contributed by atoms with Gasteiger partial charge in [0.25, 0.3) is 0 Å². The summed E-state index contributed by atoms with van der Waals surface area (Å²) in [6.07, 6.45) is 1.59. The van der Waals surface area contributed by atoms with E-state index < -0.39 is 10.1 Å². The number of aromatic amines is 1. The topological polar surface area (TPSA) is 59.2 Å². The average molecular weight is 308 g/mol. The molecule has 3 rings (SSSR count). The molecule has 0 aliphatic heterocycles. The highest BCUT2D eigenvalue weighted by Gasteiger charge is 2.18. The Balaban J connectivity index is 2.06. The van der Waals surface area contributed by atoms with E-state index in [1.807, 2.05) is 0 Å². The van der Waals surface area contributed by atoms with Crippen LogP contribution < -0.4 is 4.18 Å². The van der Waals surface area contributed by atoms with E-state index in [0.29, 0.717) is 15.9 Å². The van der Waals surface area contributed by atoms with Crippen LogP contribution in [0.4, 0.5) is 0 Å². The van der Waals surface area contributed by atoms with Crippen LogP contribution in [0, 0.1) is 0 Å². The molecule has 0 fully saturated rings. The Labute approximate surface area is 121 Å². The van der Waals surface area contributed by atoms with Crippen molar-refractivity contribution in [3.8, 4) is 5.75 Å². The highest BCUT2D eigenvalue weighted by molar-refractivity contribution is 7.87. The molecule has 6 heteroatoms. The fraction of sp³-hybridized carbons (Fsp3) is 0. The summed E-state index contributed by atoms with van der Waals surface area (Å²) in [4.78, 5) is 3.02. The third-order valence-corrected chi connectivity index (χ3v) is 4.42. The zero-order chi connectivity index (χ0) is 14.2. The first-order valence-electron chi connectivity index (χ1n) is 5.83. The lowest BCUT2D eigenvalue weighted by molar-refractivity contribution is 0.488. The lowest BCUT2D eigenvalue weighted by Gasteiger charge is -2.07. The largest absolute Gasteiger partial charge is 0.377 e. The molecule has 1 N–H and O–H groups in total. The van der Waals surface area contributed by atoms with Crippen LogP contribution in [0.15, 0.2) is 59.6 Å². The number of hydrogen-bond donors (Lipinski definition) is 1. The minimum absolute atomic E-state index is 0.106. The number of nitrogens with one attached hydrogen (secondary N) is 1. The third kappa shape index (κ3) is 2.26. The summed E-state index contributed by atoms with van der Waals surface area (Å²) in [7, 11) is -3.86. The van der Waals surface area contributed by atoms with E-state index >= 15 is 0 Å². The molecule has 102 valence electrons. The van der Waals surface area contributed by atoms with Gasteiger partial charge < -0.3 is 9.17 Å². The zero-order valence-corrected chi connectivity index (χ0v) is 11.8. The molecule has 0 unspecified atom stereocenters. The van der Waals surface area contributed by atoms with Gasteiger partial charge in [0.05, 0.1) is 10.5 Å². The van der Waals surface area contributed by atoms with Gasteiger partial charge in [0, 0.05) is 11.6 Å². The predicted octanol–water partition coefficient (Wildman–Crippen LogP) is 3.59. The van der Waals surface area contributed by atoms with Gasteiger partial charge in [-0.3, -0.25) is 0 Å². The van der Waals surface area contributed by atoms with Crippen LogP contribution in [0.5, 0.6) is 5.75 Å². The number of halogens is 1. The summed E-state index contributed by atoms with van der Waals surface area (Å²) < 4.78 is 29.6. The lowest BCUT2D eigenvalue weighted by Crippen LogP contribution is -2.09. The molecule has 4 nitrogen and oxygen atoms in total. The van der Waals surface area contributed by atoms with Gasteiger partial charge in [0.1, 0.15) is 4.90 Å². The van der Waals surface area contributed by atoms with Crippen LogP contribution in [-0.2, 0) is 10.1 Å². The van der Waals surface area contributed by atoms with E-state index in [-0.39, 0.29) is 10.6 Å². The van der Waals surface area contributed by atoms with Gasteiger partial charge in [-0.2, -0.15) is 8.42 Å². The number of benzene rings is 2. The predicted molar refractivity (Wildman–Crippen MR) is 77.6 cm³/mol. The van der Waals surface area contributed by atoms with Gasteiger partial charge in [-0.05, 0) is 18.2 Å². The molecule has 20 heavy (non-hydrogen) atoms.